The van der Waals surface area contributed by atoms with Crippen molar-refractivity contribution in [3.63, 3.8) is 0 Å². The maximum absolute atomic E-state index is 12.7. The van der Waals surface area contributed by atoms with Gasteiger partial charge in [0.05, 0.1) is 11.4 Å². The third-order valence-corrected chi connectivity index (χ3v) is 5.72. The number of rotatable bonds is 6. The number of fused-ring (bicyclic) bond motifs is 1. The number of nitrogen functional groups attached to an aromatic ring is 1. The lowest BCUT2D eigenvalue weighted by Crippen LogP contribution is -2.36. The molecular weight excluding hydrogens is 420 g/mol. The molecule has 1 heterocycles. The smallest absolute Gasteiger partial charge is 0.227 e. The molecule has 0 saturated carbocycles. The van der Waals surface area contributed by atoms with Crippen molar-refractivity contribution in [3.05, 3.63) is 121 Å². The fourth-order valence-corrected chi connectivity index (χ4v) is 3.86. The standard InChI is InChI=1S/C29H22N4O/c30-27-14-15-28(26-9-5-4-8-25(26)27)32-31-24-16-18-33(19-17-24)20-29(34)23-12-10-22(11-13-23)21-6-2-1-3-7-21/h1-19,30H,20H2/p+1. The first-order valence-electron chi connectivity index (χ1n) is 11.0. The molecular formula is C29H23N4O+. The number of nitrogens with two attached hydrogens (primary N) is 1. The average molecular weight is 444 g/mol. The number of azo groups is 1. The van der Waals surface area contributed by atoms with Crippen LogP contribution in [-0.2, 0) is 6.54 Å². The first kappa shape index (κ1) is 21.2. The molecule has 0 bridgehead atoms. The average Bonchev–Trinajstić information content (AvgIpc) is 2.90. The Morgan fingerprint density at radius 1 is 0.676 bits per heavy atom. The van der Waals surface area contributed by atoms with E-state index in [1.165, 1.54) is 0 Å². The molecule has 0 saturated heterocycles. The van der Waals surface area contributed by atoms with Crippen molar-refractivity contribution in [2.24, 2.45) is 10.2 Å². The zero-order chi connectivity index (χ0) is 23.3. The summed E-state index contributed by atoms with van der Waals surface area (Å²) in [5, 5.41) is 10.7. The summed E-state index contributed by atoms with van der Waals surface area (Å²) in [6.07, 6.45) is 3.68. The van der Waals surface area contributed by atoms with Gasteiger partial charge < -0.3 is 5.73 Å². The molecule has 5 nitrogen and oxygen atoms in total. The second-order valence-corrected chi connectivity index (χ2v) is 8.01. The molecule has 5 heteroatoms. The maximum atomic E-state index is 12.7. The predicted octanol–water partition coefficient (Wildman–Crippen LogP) is 6.67. The molecule has 0 aliphatic heterocycles. The Kier molecular flexibility index (Phi) is 5.91. The summed E-state index contributed by atoms with van der Waals surface area (Å²) in [7, 11) is 0. The minimum atomic E-state index is 0.0485. The molecule has 0 spiro atoms. The summed E-state index contributed by atoms with van der Waals surface area (Å²) >= 11 is 0. The Balaban J connectivity index is 1.27. The Hall–Kier alpha value is -4.64. The van der Waals surface area contributed by atoms with Gasteiger partial charge in [0.15, 0.2) is 12.4 Å². The zero-order valence-electron chi connectivity index (χ0n) is 18.5. The Labute approximate surface area is 197 Å². The van der Waals surface area contributed by atoms with Crippen molar-refractivity contribution < 1.29 is 9.36 Å². The molecule has 164 valence electrons. The Morgan fingerprint density at radius 2 is 1.32 bits per heavy atom. The van der Waals surface area contributed by atoms with E-state index < -0.39 is 0 Å². The van der Waals surface area contributed by atoms with Gasteiger partial charge in [-0.3, -0.25) is 4.79 Å². The molecule has 5 rings (SSSR count). The Bertz CT molecular complexity index is 1480. The molecule has 1 aromatic heterocycles. The third kappa shape index (κ3) is 4.59. The van der Waals surface area contributed by atoms with Crippen molar-refractivity contribution in [2.45, 2.75) is 6.54 Å². The van der Waals surface area contributed by atoms with E-state index in [1.807, 2.05) is 108 Å². The number of hydrogen-bond donors (Lipinski definition) is 1. The minimum absolute atomic E-state index is 0.0485. The SMILES string of the molecule is Nc1ccc(N=Nc2cc[n+](CC(=O)c3ccc(-c4ccccc4)cc3)cc2)c2ccccc12. The summed E-state index contributed by atoms with van der Waals surface area (Å²) in [6, 6.07) is 33.1. The maximum Gasteiger partial charge on any atom is 0.227 e. The van der Waals surface area contributed by atoms with Gasteiger partial charge in [0.25, 0.3) is 0 Å². The van der Waals surface area contributed by atoms with Gasteiger partial charge in [-0.1, -0.05) is 78.9 Å². The van der Waals surface area contributed by atoms with E-state index in [0.29, 0.717) is 11.3 Å². The number of Topliss-reactive ketones (excluding diaryl/α,β-unsaturated/α-hetero) is 1. The second-order valence-electron chi connectivity index (χ2n) is 8.01. The highest BCUT2D eigenvalue weighted by molar-refractivity contribution is 6.00. The first-order chi connectivity index (χ1) is 16.7. The zero-order valence-corrected chi connectivity index (χ0v) is 18.5. The molecule has 0 atom stereocenters. The van der Waals surface area contributed by atoms with E-state index >= 15 is 0 Å². The molecule has 0 radical (unpaired) electrons. The first-order valence-corrected chi connectivity index (χ1v) is 11.0. The van der Waals surface area contributed by atoms with Gasteiger partial charge in [-0.15, -0.1) is 5.11 Å². The van der Waals surface area contributed by atoms with E-state index in [4.69, 9.17) is 5.73 Å². The number of nitrogens with zero attached hydrogens (tertiary/aromatic N) is 3. The van der Waals surface area contributed by atoms with Crippen molar-refractivity contribution in [1.82, 2.24) is 0 Å². The highest BCUT2D eigenvalue weighted by Crippen LogP contribution is 2.31. The summed E-state index contributed by atoms with van der Waals surface area (Å²) in [5.74, 6) is 0.0485. The molecule has 0 unspecified atom stereocenters. The molecule has 0 amide bonds. The number of carbonyl (C=O) groups is 1. The van der Waals surface area contributed by atoms with E-state index in [1.54, 1.807) is 0 Å². The summed E-state index contributed by atoms with van der Waals surface area (Å²) in [5.41, 5.74) is 11.2. The van der Waals surface area contributed by atoms with Crippen molar-refractivity contribution in [1.29, 1.82) is 0 Å². The van der Waals surface area contributed by atoms with E-state index in [0.717, 1.165) is 33.3 Å². The molecule has 0 fully saturated rings. The molecule has 0 aliphatic carbocycles. The van der Waals surface area contributed by atoms with Crippen LogP contribution in [0.1, 0.15) is 10.4 Å². The summed E-state index contributed by atoms with van der Waals surface area (Å²) in [4.78, 5) is 12.7. The van der Waals surface area contributed by atoms with Crippen LogP contribution >= 0.6 is 0 Å². The van der Waals surface area contributed by atoms with Crippen LogP contribution in [0.15, 0.2) is 126 Å². The summed E-state index contributed by atoms with van der Waals surface area (Å²) < 4.78 is 1.84. The fraction of sp³-hybridized carbons (Fsp3) is 0.0345. The van der Waals surface area contributed by atoms with E-state index in [2.05, 4.69) is 22.4 Å². The van der Waals surface area contributed by atoms with Crippen LogP contribution in [0.5, 0.6) is 0 Å². The lowest BCUT2D eigenvalue weighted by molar-refractivity contribution is -0.683. The van der Waals surface area contributed by atoms with Crippen LogP contribution in [0.2, 0.25) is 0 Å². The quantitative estimate of drug-likeness (QED) is 0.138. The highest BCUT2D eigenvalue weighted by atomic mass is 16.1. The Morgan fingerprint density at radius 3 is 2.06 bits per heavy atom. The number of carbonyl (C=O) groups excluding carboxylic acids is 1. The van der Waals surface area contributed by atoms with Crippen LogP contribution in [0.25, 0.3) is 21.9 Å². The lowest BCUT2D eigenvalue weighted by atomic mass is 10.0. The van der Waals surface area contributed by atoms with Gasteiger partial charge in [0.2, 0.25) is 12.3 Å². The third-order valence-electron chi connectivity index (χ3n) is 5.72. The number of hydrogen-bond acceptors (Lipinski definition) is 4. The number of benzene rings is 4. The van der Waals surface area contributed by atoms with Gasteiger partial charge >= 0.3 is 0 Å². The van der Waals surface area contributed by atoms with Crippen molar-refractivity contribution in [2.75, 3.05) is 5.73 Å². The number of ketones is 1. The van der Waals surface area contributed by atoms with Gasteiger partial charge in [-0.25, -0.2) is 0 Å². The molecule has 5 aromatic rings. The lowest BCUT2D eigenvalue weighted by Gasteiger charge is -2.04. The normalized spacial score (nSPS) is 11.2. The van der Waals surface area contributed by atoms with Crippen LogP contribution in [0.4, 0.5) is 17.1 Å². The van der Waals surface area contributed by atoms with E-state index in [-0.39, 0.29) is 12.3 Å². The van der Waals surface area contributed by atoms with Crippen LogP contribution in [0.3, 0.4) is 0 Å². The summed E-state index contributed by atoms with van der Waals surface area (Å²) in [6.45, 7) is 0.255. The monoisotopic (exact) mass is 443 g/mol. The minimum Gasteiger partial charge on any atom is -0.398 e. The fourth-order valence-electron chi connectivity index (χ4n) is 3.86. The van der Waals surface area contributed by atoms with Gasteiger partial charge in [-0.05, 0) is 23.3 Å². The number of pyridine rings is 1. The van der Waals surface area contributed by atoms with Crippen LogP contribution in [0, 0.1) is 0 Å². The highest BCUT2D eigenvalue weighted by Gasteiger charge is 2.12. The van der Waals surface area contributed by atoms with Gasteiger partial charge in [-0.2, -0.15) is 9.68 Å². The molecule has 34 heavy (non-hydrogen) atoms. The number of aromatic nitrogens is 1. The van der Waals surface area contributed by atoms with Crippen molar-refractivity contribution in [3.8, 4) is 11.1 Å². The molecule has 0 aliphatic rings. The number of anilines is 1. The van der Waals surface area contributed by atoms with E-state index in [9.17, 15) is 4.79 Å². The largest absolute Gasteiger partial charge is 0.398 e. The topological polar surface area (TPSA) is 71.7 Å². The van der Waals surface area contributed by atoms with Gasteiger partial charge in [0.1, 0.15) is 0 Å². The van der Waals surface area contributed by atoms with Gasteiger partial charge in [0, 0.05) is 34.2 Å². The predicted molar refractivity (Wildman–Crippen MR) is 135 cm³/mol. The molecule has 2 N–H and O–H groups in total. The van der Waals surface area contributed by atoms with Crippen LogP contribution in [-0.4, -0.2) is 5.78 Å². The molecule has 4 aromatic carbocycles. The second kappa shape index (κ2) is 9.46. The van der Waals surface area contributed by atoms with Crippen LogP contribution < -0.4 is 10.3 Å². The van der Waals surface area contributed by atoms with Crippen molar-refractivity contribution >= 4 is 33.6 Å².